The Morgan fingerprint density at radius 3 is 2.81 bits per heavy atom. The Morgan fingerprint density at radius 2 is 2.04 bits per heavy atom. The van der Waals surface area contributed by atoms with Crippen LogP contribution >= 0.6 is 0 Å². The van der Waals surface area contributed by atoms with Crippen LogP contribution in [0.25, 0.3) is 11.2 Å². The van der Waals surface area contributed by atoms with Gasteiger partial charge in [-0.2, -0.15) is 0 Å². The zero-order valence-corrected chi connectivity index (χ0v) is 15.5. The number of amides is 1. The molecule has 140 valence electrons. The number of carbonyl (C=O) groups is 1. The first-order valence-corrected chi connectivity index (χ1v) is 9.72. The summed E-state index contributed by atoms with van der Waals surface area (Å²) in [4.78, 5) is 23.5. The number of fused-ring (bicyclic) bond motifs is 1. The summed E-state index contributed by atoms with van der Waals surface area (Å²) < 4.78 is 7.53. The van der Waals surface area contributed by atoms with Gasteiger partial charge < -0.3 is 14.0 Å². The molecule has 3 heterocycles. The van der Waals surface area contributed by atoms with Crippen LogP contribution in [0.1, 0.15) is 72.3 Å². The van der Waals surface area contributed by atoms with Crippen molar-refractivity contribution in [1.29, 1.82) is 0 Å². The van der Waals surface area contributed by atoms with Gasteiger partial charge in [0.25, 0.3) is 5.91 Å². The molecule has 0 saturated heterocycles. The first kappa shape index (κ1) is 16.5. The van der Waals surface area contributed by atoms with Crippen molar-refractivity contribution in [3.8, 4) is 0 Å². The molecule has 0 aromatic carbocycles. The fourth-order valence-electron chi connectivity index (χ4n) is 3.98. The van der Waals surface area contributed by atoms with E-state index in [9.17, 15) is 4.79 Å². The maximum atomic E-state index is 12.8. The average molecular weight is 365 g/mol. The number of rotatable bonds is 5. The molecule has 0 bridgehead atoms. The van der Waals surface area contributed by atoms with Gasteiger partial charge in [0, 0.05) is 31.3 Å². The van der Waals surface area contributed by atoms with E-state index in [-0.39, 0.29) is 5.91 Å². The third kappa shape index (κ3) is 3.11. The van der Waals surface area contributed by atoms with Crippen LogP contribution in [0.15, 0.2) is 29.2 Å². The smallest absolute Gasteiger partial charge is 0.255 e. The van der Waals surface area contributed by atoms with Gasteiger partial charge in [-0.1, -0.05) is 18.0 Å². The molecule has 0 atom stereocenters. The second kappa shape index (κ2) is 6.48. The predicted molar refractivity (Wildman–Crippen MR) is 99.3 cm³/mol. The normalized spacial score (nSPS) is 17.7. The lowest BCUT2D eigenvalue weighted by atomic mass is 10.2. The van der Waals surface area contributed by atoms with Crippen molar-refractivity contribution in [3.63, 3.8) is 0 Å². The molecule has 2 saturated carbocycles. The molecule has 3 aromatic heterocycles. The third-order valence-corrected chi connectivity index (χ3v) is 5.68. The van der Waals surface area contributed by atoms with Crippen LogP contribution in [0.3, 0.4) is 0 Å². The molecular formula is C20H23N5O2. The van der Waals surface area contributed by atoms with Crippen LogP contribution in [0.2, 0.25) is 0 Å². The number of pyridine rings is 1. The summed E-state index contributed by atoms with van der Waals surface area (Å²) in [6.07, 6.45) is 10.7. The van der Waals surface area contributed by atoms with Gasteiger partial charge in [0.05, 0.1) is 18.4 Å². The molecule has 5 rings (SSSR count). The lowest BCUT2D eigenvalue weighted by molar-refractivity contribution is 0.0782. The molecule has 0 N–H and O–H groups in total. The number of aromatic nitrogens is 4. The van der Waals surface area contributed by atoms with E-state index in [2.05, 4.69) is 19.7 Å². The van der Waals surface area contributed by atoms with E-state index in [4.69, 9.17) is 4.52 Å². The standard InChI is InChI=1S/C20H23N5O2/c1-24(11-15-9-18(27-23-15)13-6-7-13)20(26)14-8-17-19(21-10-14)25(12-22-17)16-4-2-3-5-16/h8-10,12-13,16H,2-7,11H2,1H3. The van der Waals surface area contributed by atoms with Crippen LogP contribution in [0.4, 0.5) is 0 Å². The van der Waals surface area contributed by atoms with Gasteiger partial charge in [-0.05, 0) is 31.7 Å². The Bertz CT molecular complexity index is 981. The van der Waals surface area contributed by atoms with Gasteiger partial charge in [-0.3, -0.25) is 4.79 Å². The van der Waals surface area contributed by atoms with Gasteiger partial charge in [0.2, 0.25) is 0 Å². The van der Waals surface area contributed by atoms with E-state index in [1.165, 1.54) is 38.5 Å². The van der Waals surface area contributed by atoms with Gasteiger partial charge in [0.15, 0.2) is 5.65 Å². The van der Waals surface area contributed by atoms with E-state index in [1.807, 2.05) is 18.5 Å². The lowest BCUT2D eigenvalue weighted by Gasteiger charge is -2.15. The number of imidazole rings is 1. The van der Waals surface area contributed by atoms with Gasteiger partial charge in [0.1, 0.15) is 17.0 Å². The summed E-state index contributed by atoms with van der Waals surface area (Å²) in [6, 6.07) is 4.29. The monoisotopic (exact) mass is 365 g/mol. The maximum absolute atomic E-state index is 12.8. The average Bonchev–Trinajstić information content (AvgIpc) is 3.09. The van der Waals surface area contributed by atoms with Gasteiger partial charge in [-0.25, -0.2) is 9.97 Å². The van der Waals surface area contributed by atoms with Crippen molar-refractivity contribution in [3.05, 3.63) is 41.7 Å². The zero-order valence-electron chi connectivity index (χ0n) is 15.5. The molecule has 2 aliphatic carbocycles. The number of carbonyl (C=O) groups excluding carboxylic acids is 1. The first-order valence-electron chi connectivity index (χ1n) is 9.72. The Kier molecular flexibility index (Phi) is 3.95. The molecule has 7 heteroatoms. The van der Waals surface area contributed by atoms with E-state index in [0.29, 0.717) is 24.1 Å². The van der Waals surface area contributed by atoms with E-state index in [0.717, 1.165) is 22.6 Å². The predicted octanol–water partition coefficient (Wildman–Crippen LogP) is 3.68. The highest BCUT2D eigenvalue weighted by molar-refractivity contribution is 5.96. The molecule has 1 amide bonds. The molecule has 3 aromatic rings. The van der Waals surface area contributed by atoms with Crippen LogP contribution in [-0.4, -0.2) is 37.5 Å². The summed E-state index contributed by atoms with van der Waals surface area (Å²) in [7, 11) is 1.77. The van der Waals surface area contributed by atoms with Crippen LogP contribution in [-0.2, 0) is 6.54 Å². The molecule has 7 nitrogen and oxygen atoms in total. The number of hydrogen-bond donors (Lipinski definition) is 0. The van der Waals surface area contributed by atoms with E-state index in [1.54, 1.807) is 18.1 Å². The maximum Gasteiger partial charge on any atom is 0.255 e. The second-order valence-electron chi connectivity index (χ2n) is 7.81. The first-order chi connectivity index (χ1) is 13.2. The minimum absolute atomic E-state index is 0.0872. The highest BCUT2D eigenvalue weighted by Crippen LogP contribution is 2.40. The Labute approximate surface area is 157 Å². The lowest BCUT2D eigenvalue weighted by Crippen LogP contribution is -2.26. The highest BCUT2D eigenvalue weighted by atomic mass is 16.5. The summed E-state index contributed by atoms with van der Waals surface area (Å²) >= 11 is 0. The summed E-state index contributed by atoms with van der Waals surface area (Å²) in [6.45, 7) is 0.420. The Morgan fingerprint density at radius 1 is 1.22 bits per heavy atom. The van der Waals surface area contributed by atoms with Crippen LogP contribution < -0.4 is 0 Å². The van der Waals surface area contributed by atoms with Crippen molar-refractivity contribution in [2.75, 3.05) is 7.05 Å². The van der Waals surface area contributed by atoms with Crippen molar-refractivity contribution < 1.29 is 9.32 Å². The zero-order chi connectivity index (χ0) is 18.4. The molecule has 2 aliphatic rings. The fraction of sp³-hybridized carbons (Fsp3) is 0.500. The quantitative estimate of drug-likeness (QED) is 0.689. The summed E-state index contributed by atoms with van der Waals surface area (Å²) in [5, 5.41) is 4.09. The van der Waals surface area contributed by atoms with Crippen molar-refractivity contribution in [2.24, 2.45) is 0 Å². The molecule has 2 fully saturated rings. The minimum atomic E-state index is -0.0872. The summed E-state index contributed by atoms with van der Waals surface area (Å²) in [5.41, 5.74) is 2.98. The molecule has 0 spiro atoms. The van der Waals surface area contributed by atoms with Crippen LogP contribution in [0, 0.1) is 0 Å². The largest absolute Gasteiger partial charge is 0.361 e. The number of hydrogen-bond acceptors (Lipinski definition) is 5. The summed E-state index contributed by atoms with van der Waals surface area (Å²) in [5.74, 6) is 1.37. The SMILES string of the molecule is CN(Cc1cc(C2CC2)on1)C(=O)c1cnc2c(c1)ncn2C1CCCC1. The molecule has 0 radical (unpaired) electrons. The highest BCUT2D eigenvalue weighted by Gasteiger charge is 2.28. The van der Waals surface area contributed by atoms with Gasteiger partial charge >= 0.3 is 0 Å². The molecular weight excluding hydrogens is 342 g/mol. The Hall–Kier alpha value is -2.70. The van der Waals surface area contributed by atoms with E-state index < -0.39 is 0 Å². The third-order valence-electron chi connectivity index (χ3n) is 5.68. The van der Waals surface area contributed by atoms with E-state index >= 15 is 0 Å². The van der Waals surface area contributed by atoms with Crippen molar-refractivity contribution in [2.45, 2.75) is 57.0 Å². The Balaban J connectivity index is 1.33. The topological polar surface area (TPSA) is 77.1 Å². The van der Waals surface area contributed by atoms with Crippen molar-refractivity contribution in [1.82, 2.24) is 24.6 Å². The van der Waals surface area contributed by atoms with Crippen LogP contribution in [0.5, 0.6) is 0 Å². The number of nitrogens with zero attached hydrogens (tertiary/aromatic N) is 5. The van der Waals surface area contributed by atoms with Gasteiger partial charge in [-0.15, -0.1) is 0 Å². The fourth-order valence-corrected chi connectivity index (χ4v) is 3.98. The molecule has 0 aliphatic heterocycles. The van der Waals surface area contributed by atoms with Crippen molar-refractivity contribution >= 4 is 17.1 Å². The molecule has 27 heavy (non-hydrogen) atoms. The minimum Gasteiger partial charge on any atom is -0.361 e. The molecule has 0 unspecified atom stereocenters. The second-order valence-corrected chi connectivity index (χ2v) is 7.81.